The first kappa shape index (κ1) is 10.5. The van der Waals surface area contributed by atoms with Gasteiger partial charge in [-0.05, 0) is 6.42 Å². The van der Waals surface area contributed by atoms with Crippen LogP contribution in [0.15, 0.2) is 0 Å². The largest absolute Gasteiger partial charge is 0.356 e. The minimum Gasteiger partial charge on any atom is -0.356 e. The standard InChI is InChI=1S/C9H18NO/c1-5-6-7-10-8(11)9(2,3)4/h1,5-7H2,2-4H3,(H,10,11). The lowest BCUT2D eigenvalue weighted by Crippen LogP contribution is -2.35. The molecule has 0 saturated heterocycles. The van der Waals surface area contributed by atoms with E-state index < -0.39 is 0 Å². The van der Waals surface area contributed by atoms with Crippen molar-refractivity contribution in [1.82, 2.24) is 5.32 Å². The van der Waals surface area contributed by atoms with E-state index in [1.165, 1.54) is 0 Å². The van der Waals surface area contributed by atoms with Crippen LogP contribution >= 0.6 is 0 Å². The number of hydrogen-bond donors (Lipinski definition) is 1. The fourth-order valence-electron chi connectivity index (χ4n) is 0.592. The summed E-state index contributed by atoms with van der Waals surface area (Å²) in [6.45, 7) is 10.2. The smallest absolute Gasteiger partial charge is 0.225 e. The molecule has 65 valence electrons. The van der Waals surface area contributed by atoms with E-state index in [0.29, 0.717) is 0 Å². The van der Waals surface area contributed by atoms with Crippen molar-refractivity contribution in [3.8, 4) is 0 Å². The number of amides is 1. The number of hydrogen-bond acceptors (Lipinski definition) is 1. The van der Waals surface area contributed by atoms with Gasteiger partial charge in [-0.3, -0.25) is 4.79 Å². The van der Waals surface area contributed by atoms with Crippen LogP contribution in [0.1, 0.15) is 33.6 Å². The minimum absolute atomic E-state index is 0.117. The molecule has 0 atom stereocenters. The molecule has 0 aromatic heterocycles. The Balaban J connectivity index is 3.54. The Morgan fingerprint density at radius 1 is 1.45 bits per heavy atom. The van der Waals surface area contributed by atoms with Crippen molar-refractivity contribution in [3.05, 3.63) is 6.92 Å². The molecule has 2 heteroatoms. The zero-order chi connectivity index (χ0) is 8.91. The van der Waals surface area contributed by atoms with Crippen molar-refractivity contribution < 1.29 is 4.79 Å². The van der Waals surface area contributed by atoms with E-state index in [1.54, 1.807) is 0 Å². The van der Waals surface area contributed by atoms with Gasteiger partial charge in [-0.15, -0.1) is 0 Å². The van der Waals surface area contributed by atoms with Gasteiger partial charge in [0.1, 0.15) is 0 Å². The molecule has 0 unspecified atom stereocenters. The van der Waals surface area contributed by atoms with Gasteiger partial charge in [0, 0.05) is 12.0 Å². The molecule has 0 rings (SSSR count). The van der Waals surface area contributed by atoms with Crippen LogP contribution in [0.4, 0.5) is 0 Å². The third kappa shape index (κ3) is 4.82. The lowest BCUT2D eigenvalue weighted by atomic mass is 9.96. The van der Waals surface area contributed by atoms with E-state index >= 15 is 0 Å². The van der Waals surface area contributed by atoms with Gasteiger partial charge in [-0.25, -0.2) is 0 Å². The topological polar surface area (TPSA) is 29.1 Å². The van der Waals surface area contributed by atoms with Crippen molar-refractivity contribution in [1.29, 1.82) is 0 Å². The number of rotatable bonds is 3. The van der Waals surface area contributed by atoms with Crippen LogP contribution in [0, 0.1) is 12.3 Å². The van der Waals surface area contributed by atoms with Crippen LogP contribution in [0.5, 0.6) is 0 Å². The second kappa shape index (κ2) is 4.37. The molecule has 0 heterocycles. The first-order chi connectivity index (χ1) is 4.98. The molecule has 0 spiro atoms. The third-order valence-electron chi connectivity index (χ3n) is 1.39. The average molecular weight is 156 g/mol. The number of unbranched alkanes of at least 4 members (excludes halogenated alkanes) is 1. The molecule has 0 aliphatic carbocycles. The molecule has 1 N–H and O–H groups in total. The summed E-state index contributed by atoms with van der Waals surface area (Å²) in [5.41, 5.74) is -0.263. The molecule has 0 aromatic carbocycles. The van der Waals surface area contributed by atoms with E-state index in [1.807, 2.05) is 20.8 Å². The predicted molar refractivity (Wildman–Crippen MR) is 47.1 cm³/mol. The summed E-state index contributed by atoms with van der Waals surface area (Å²) in [4.78, 5) is 11.2. The maximum absolute atomic E-state index is 11.2. The van der Waals surface area contributed by atoms with Crippen LogP contribution in [-0.4, -0.2) is 12.5 Å². The maximum Gasteiger partial charge on any atom is 0.225 e. The van der Waals surface area contributed by atoms with Gasteiger partial charge in [0.15, 0.2) is 0 Å². The van der Waals surface area contributed by atoms with Crippen LogP contribution in [-0.2, 0) is 4.79 Å². The maximum atomic E-state index is 11.2. The molecule has 0 bridgehead atoms. The van der Waals surface area contributed by atoms with Gasteiger partial charge in [-0.2, -0.15) is 0 Å². The highest BCUT2D eigenvalue weighted by molar-refractivity contribution is 5.81. The second-order valence-electron chi connectivity index (χ2n) is 3.71. The van der Waals surface area contributed by atoms with Gasteiger partial charge in [0.25, 0.3) is 0 Å². The molecular formula is C9H18NO. The quantitative estimate of drug-likeness (QED) is 0.620. The monoisotopic (exact) mass is 156 g/mol. The summed E-state index contributed by atoms with van der Waals surface area (Å²) in [5, 5.41) is 2.84. The minimum atomic E-state index is -0.263. The molecule has 11 heavy (non-hydrogen) atoms. The van der Waals surface area contributed by atoms with Crippen LogP contribution in [0.2, 0.25) is 0 Å². The molecular weight excluding hydrogens is 138 g/mol. The first-order valence-corrected chi connectivity index (χ1v) is 4.06. The lowest BCUT2D eigenvalue weighted by Gasteiger charge is -2.17. The van der Waals surface area contributed by atoms with E-state index in [4.69, 9.17) is 0 Å². The Bertz CT molecular complexity index is 124. The van der Waals surface area contributed by atoms with Crippen molar-refractivity contribution in [3.63, 3.8) is 0 Å². The second-order valence-corrected chi connectivity index (χ2v) is 3.71. The summed E-state index contributed by atoms with van der Waals surface area (Å²) in [5.74, 6) is 0.117. The summed E-state index contributed by atoms with van der Waals surface area (Å²) in [7, 11) is 0. The number of carbonyl (C=O) groups is 1. The predicted octanol–water partition coefficient (Wildman–Crippen LogP) is 1.76. The van der Waals surface area contributed by atoms with Gasteiger partial charge >= 0.3 is 0 Å². The van der Waals surface area contributed by atoms with Crippen LogP contribution in [0.3, 0.4) is 0 Å². The van der Waals surface area contributed by atoms with E-state index in [0.717, 1.165) is 19.4 Å². The van der Waals surface area contributed by atoms with Gasteiger partial charge < -0.3 is 5.32 Å². The third-order valence-corrected chi connectivity index (χ3v) is 1.39. The first-order valence-electron chi connectivity index (χ1n) is 4.06. The van der Waals surface area contributed by atoms with E-state index in [9.17, 15) is 4.79 Å². The molecule has 0 aliphatic rings. The summed E-state index contributed by atoms with van der Waals surface area (Å²) < 4.78 is 0. The highest BCUT2D eigenvalue weighted by atomic mass is 16.2. The van der Waals surface area contributed by atoms with Crippen LogP contribution in [0.25, 0.3) is 0 Å². The highest BCUT2D eigenvalue weighted by Crippen LogP contribution is 2.11. The lowest BCUT2D eigenvalue weighted by molar-refractivity contribution is -0.128. The highest BCUT2D eigenvalue weighted by Gasteiger charge is 2.19. The van der Waals surface area contributed by atoms with E-state index in [-0.39, 0.29) is 11.3 Å². The molecule has 0 aliphatic heterocycles. The number of carbonyl (C=O) groups excluding carboxylic acids is 1. The Morgan fingerprint density at radius 3 is 2.36 bits per heavy atom. The zero-order valence-electron chi connectivity index (χ0n) is 7.74. The summed E-state index contributed by atoms with van der Waals surface area (Å²) in [6, 6.07) is 0. The fourth-order valence-corrected chi connectivity index (χ4v) is 0.592. The normalized spacial score (nSPS) is 11.3. The molecule has 2 nitrogen and oxygen atoms in total. The van der Waals surface area contributed by atoms with Crippen molar-refractivity contribution in [2.24, 2.45) is 5.41 Å². The van der Waals surface area contributed by atoms with E-state index in [2.05, 4.69) is 12.2 Å². The summed E-state index contributed by atoms with van der Waals surface area (Å²) in [6.07, 6.45) is 1.84. The molecule has 0 aromatic rings. The zero-order valence-corrected chi connectivity index (χ0v) is 7.74. The van der Waals surface area contributed by atoms with Crippen molar-refractivity contribution in [2.75, 3.05) is 6.54 Å². The molecule has 1 amide bonds. The van der Waals surface area contributed by atoms with Gasteiger partial charge in [0.05, 0.1) is 0 Å². The van der Waals surface area contributed by atoms with Gasteiger partial charge in [0.2, 0.25) is 5.91 Å². The Hall–Kier alpha value is -0.530. The molecule has 0 fully saturated rings. The Kier molecular flexibility index (Phi) is 4.16. The molecule has 1 radical (unpaired) electrons. The fraction of sp³-hybridized carbons (Fsp3) is 0.778. The average Bonchev–Trinajstić information content (AvgIpc) is 1.86. The van der Waals surface area contributed by atoms with Crippen LogP contribution < -0.4 is 5.32 Å². The number of nitrogens with one attached hydrogen (secondary N) is 1. The summed E-state index contributed by atoms with van der Waals surface area (Å²) >= 11 is 0. The van der Waals surface area contributed by atoms with Crippen molar-refractivity contribution in [2.45, 2.75) is 33.6 Å². The Labute approximate surface area is 69.4 Å². The molecule has 0 saturated carbocycles. The van der Waals surface area contributed by atoms with Gasteiger partial charge in [-0.1, -0.05) is 34.1 Å². The van der Waals surface area contributed by atoms with Crippen molar-refractivity contribution >= 4 is 5.91 Å². The Morgan fingerprint density at radius 2 is 2.00 bits per heavy atom. The SMILES string of the molecule is [CH2]CCCNC(=O)C(C)(C)C.